The van der Waals surface area contributed by atoms with Gasteiger partial charge in [-0.05, 0) is 6.07 Å². The summed E-state index contributed by atoms with van der Waals surface area (Å²) in [5.74, 6) is 0.366. The summed E-state index contributed by atoms with van der Waals surface area (Å²) in [7, 11) is 1.60. The van der Waals surface area contributed by atoms with Gasteiger partial charge < -0.3 is 19.9 Å². The number of methoxy groups -OCH3 is 1. The molecule has 1 aromatic rings. The van der Waals surface area contributed by atoms with Crippen LogP contribution in [0.15, 0.2) is 24.3 Å². The lowest BCUT2D eigenvalue weighted by Gasteiger charge is -2.13. The van der Waals surface area contributed by atoms with Crippen LogP contribution in [0.1, 0.15) is 0 Å². The van der Waals surface area contributed by atoms with Crippen LogP contribution in [0.2, 0.25) is 0 Å². The fourth-order valence-electron chi connectivity index (χ4n) is 1.38. The van der Waals surface area contributed by atoms with Crippen LogP contribution in [0.5, 0.6) is 5.75 Å². The van der Waals surface area contributed by atoms with Gasteiger partial charge in [-0.1, -0.05) is 6.07 Å². The zero-order valence-corrected chi connectivity index (χ0v) is 10.7. The summed E-state index contributed by atoms with van der Waals surface area (Å²) in [6.07, 6.45) is -0.684. The van der Waals surface area contributed by atoms with Gasteiger partial charge in [0, 0.05) is 26.3 Å². The van der Waals surface area contributed by atoms with E-state index in [9.17, 15) is 15.2 Å². The van der Waals surface area contributed by atoms with Crippen LogP contribution >= 0.6 is 0 Å². The van der Waals surface area contributed by atoms with Gasteiger partial charge in [0.15, 0.2) is 0 Å². The van der Waals surface area contributed by atoms with E-state index in [-0.39, 0.29) is 12.3 Å². The van der Waals surface area contributed by atoms with E-state index in [4.69, 9.17) is 9.47 Å². The minimum Gasteiger partial charge on any atom is -0.491 e. The monoisotopic (exact) mass is 270 g/mol. The summed E-state index contributed by atoms with van der Waals surface area (Å²) in [4.78, 5) is 10.1. The summed E-state index contributed by atoms with van der Waals surface area (Å²) < 4.78 is 10.1. The number of hydrogen-bond donors (Lipinski definition) is 2. The van der Waals surface area contributed by atoms with Crippen molar-refractivity contribution in [3.63, 3.8) is 0 Å². The molecule has 106 valence electrons. The first-order valence-corrected chi connectivity index (χ1v) is 5.88. The predicted molar refractivity (Wildman–Crippen MR) is 69.3 cm³/mol. The van der Waals surface area contributed by atoms with E-state index < -0.39 is 11.0 Å². The first-order valence-electron chi connectivity index (χ1n) is 5.88. The van der Waals surface area contributed by atoms with Gasteiger partial charge in [-0.15, -0.1) is 0 Å². The van der Waals surface area contributed by atoms with Gasteiger partial charge in [0.1, 0.15) is 18.5 Å². The van der Waals surface area contributed by atoms with E-state index in [1.54, 1.807) is 13.2 Å². The minimum absolute atomic E-state index is 0.0368. The second-order valence-electron chi connectivity index (χ2n) is 3.92. The van der Waals surface area contributed by atoms with Crippen molar-refractivity contribution < 1.29 is 19.5 Å². The number of aliphatic hydroxyl groups is 1. The lowest BCUT2D eigenvalue weighted by molar-refractivity contribution is -0.384. The molecule has 1 aromatic carbocycles. The highest BCUT2D eigenvalue weighted by molar-refractivity contribution is 5.37. The van der Waals surface area contributed by atoms with Crippen LogP contribution in [-0.2, 0) is 4.74 Å². The van der Waals surface area contributed by atoms with E-state index >= 15 is 0 Å². The van der Waals surface area contributed by atoms with E-state index in [2.05, 4.69) is 5.32 Å². The summed E-state index contributed by atoms with van der Waals surface area (Å²) in [6.45, 7) is 1.66. The van der Waals surface area contributed by atoms with Crippen molar-refractivity contribution in [1.82, 2.24) is 5.32 Å². The molecule has 0 aliphatic heterocycles. The normalized spacial score (nSPS) is 12.1. The van der Waals surface area contributed by atoms with Crippen LogP contribution in [0.4, 0.5) is 5.69 Å². The summed E-state index contributed by atoms with van der Waals surface area (Å²) in [5.41, 5.74) is -0.0368. The molecule has 0 saturated heterocycles. The van der Waals surface area contributed by atoms with Gasteiger partial charge in [0.05, 0.1) is 17.6 Å². The molecular formula is C12H18N2O5. The molecule has 0 aromatic heterocycles. The molecule has 0 spiro atoms. The molecule has 2 N–H and O–H groups in total. The molecule has 1 rings (SSSR count). The number of nitro benzene ring substituents is 1. The highest BCUT2D eigenvalue weighted by atomic mass is 16.6. The first kappa shape index (κ1) is 15.4. The lowest BCUT2D eigenvalue weighted by Crippen LogP contribution is -2.33. The van der Waals surface area contributed by atoms with Crippen molar-refractivity contribution in [3.8, 4) is 5.75 Å². The third-order valence-electron chi connectivity index (χ3n) is 2.33. The molecule has 1 unspecified atom stereocenters. The molecule has 0 aliphatic rings. The number of ether oxygens (including phenoxy) is 2. The quantitative estimate of drug-likeness (QED) is 0.387. The Bertz CT molecular complexity index is 399. The Labute approximate surface area is 111 Å². The Morgan fingerprint density at radius 2 is 2.32 bits per heavy atom. The molecule has 1 atom stereocenters. The third kappa shape index (κ3) is 6.14. The maximum absolute atomic E-state index is 10.6. The van der Waals surface area contributed by atoms with Crippen LogP contribution in [-0.4, -0.2) is 49.5 Å². The average Bonchev–Trinajstić information content (AvgIpc) is 2.41. The second kappa shape index (κ2) is 8.41. The van der Waals surface area contributed by atoms with Gasteiger partial charge in [0.25, 0.3) is 5.69 Å². The Hall–Kier alpha value is -1.70. The fourth-order valence-corrected chi connectivity index (χ4v) is 1.38. The summed E-state index contributed by atoms with van der Waals surface area (Å²) in [6, 6.07) is 5.86. The first-order chi connectivity index (χ1) is 9.13. The van der Waals surface area contributed by atoms with E-state index in [1.807, 2.05) is 0 Å². The van der Waals surface area contributed by atoms with Crippen molar-refractivity contribution in [3.05, 3.63) is 34.4 Å². The lowest BCUT2D eigenvalue weighted by atomic mass is 10.3. The third-order valence-corrected chi connectivity index (χ3v) is 2.33. The number of aliphatic hydroxyl groups excluding tert-OH is 1. The number of nitro groups is 1. The van der Waals surface area contributed by atoms with Gasteiger partial charge in [-0.25, -0.2) is 0 Å². The van der Waals surface area contributed by atoms with E-state index in [0.29, 0.717) is 25.4 Å². The maximum Gasteiger partial charge on any atom is 0.273 e. The van der Waals surface area contributed by atoms with Crippen LogP contribution in [0, 0.1) is 10.1 Å². The van der Waals surface area contributed by atoms with Crippen LogP contribution < -0.4 is 10.1 Å². The molecule has 0 saturated carbocycles. The Morgan fingerprint density at radius 3 is 3.00 bits per heavy atom. The largest absolute Gasteiger partial charge is 0.491 e. The number of nitrogens with one attached hydrogen (secondary N) is 1. The molecule has 0 aliphatic carbocycles. The minimum atomic E-state index is -0.684. The number of nitrogens with zero attached hydrogens (tertiary/aromatic N) is 1. The van der Waals surface area contributed by atoms with Crippen molar-refractivity contribution in [1.29, 1.82) is 0 Å². The molecule has 0 radical (unpaired) electrons. The van der Waals surface area contributed by atoms with Crippen molar-refractivity contribution >= 4 is 5.69 Å². The summed E-state index contributed by atoms with van der Waals surface area (Å²) >= 11 is 0. The van der Waals surface area contributed by atoms with Gasteiger partial charge in [-0.3, -0.25) is 10.1 Å². The van der Waals surface area contributed by atoms with Gasteiger partial charge in [0.2, 0.25) is 0 Å². The van der Waals surface area contributed by atoms with Crippen LogP contribution in [0.25, 0.3) is 0 Å². The molecule has 0 bridgehead atoms. The molecule has 19 heavy (non-hydrogen) atoms. The SMILES string of the molecule is COCCNCC(O)COc1cccc([N+](=O)[O-])c1. The maximum atomic E-state index is 10.6. The van der Waals surface area contributed by atoms with Crippen molar-refractivity contribution in [2.75, 3.05) is 33.4 Å². The standard InChI is InChI=1S/C12H18N2O5/c1-18-6-5-13-8-11(15)9-19-12-4-2-3-10(7-12)14(16)17/h2-4,7,11,13,15H,5-6,8-9H2,1H3. The van der Waals surface area contributed by atoms with E-state index in [0.717, 1.165) is 0 Å². The molecular weight excluding hydrogens is 252 g/mol. The Kier molecular flexibility index (Phi) is 6.80. The fraction of sp³-hybridized carbons (Fsp3) is 0.500. The van der Waals surface area contributed by atoms with Crippen molar-refractivity contribution in [2.45, 2.75) is 6.10 Å². The zero-order chi connectivity index (χ0) is 14.1. The highest BCUT2D eigenvalue weighted by Crippen LogP contribution is 2.18. The van der Waals surface area contributed by atoms with Gasteiger partial charge >= 0.3 is 0 Å². The molecule has 0 fully saturated rings. The molecule has 7 nitrogen and oxygen atoms in total. The van der Waals surface area contributed by atoms with Gasteiger partial charge in [-0.2, -0.15) is 0 Å². The summed E-state index contributed by atoms with van der Waals surface area (Å²) in [5, 5.41) is 23.2. The van der Waals surface area contributed by atoms with E-state index in [1.165, 1.54) is 18.2 Å². The number of rotatable bonds is 9. The molecule has 0 amide bonds. The average molecular weight is 270 g/mol. The molecule has 7 heteroatoms. The smallest absolute Gasteiger partial charge is 0.273 e. The zero-order valence-electron chi connectivity index (χ0n) is 10.7. The topological polar surface area (TPSA) is 93.9 Å². The number of benzene rings is 1. The van der Waals surface area contributed by atoms with Crippen molar-refractivity contribution in [2.24, 2.45) is 0 Å². The molecule has 0 heterocycles. The number of non-ortho nitro benzene ring substituents is 1. The Balaban J connectivity index is 2.31. The van der Waals surface area contributed by atoms with Crippen LogP contribution in [0.3, 0.4) is 0 Å². The second-order valence-corrected chi connectivity index (χ2v) is 3.92. The number of hydrogen-bond acceptors (Lipinski definition) is 6. The predicted octanol–water partition coefficient (Wildman–Crippen LogP) is 0.570. The Morgan fingerprint density at radius 1 is 1.53 bits per heavy atom. The highest BCUT2D eigenvalue weighted by Gasteiger charge is 2.08.